The highest BCUT2D eigenvalue weighted by Gasteiger charge is 2.19. The molecule has 0 aliphatic carbocycles. The number of anilines is 1. The second-order valence-corrected chi connectivity index (χ2v) is 5.08. The summed E-state index contributed by atoms with van der Waals surface area (Å²) in [7, 11) is 0. The molecular weight excluding hydrogens is 368 g/mol. The van der Waals surface area contributed by atoms with Crippen LogP contribution in [-0.4, -0.2) is 10.8 Å². The van der Waals surface area contributed by atoms with Gasteiger partial charge in [0.05, 0.1) is 4.88 Å². The molecule has 3 nitrogen and oxygen atoms in total. The Morgan fingerprint density at radius 3 is 2.82 bits per heavy atom. The summed E-state index contributed by atoms with van der Waals surface area (Å²) in [4.78, 5) is 16.3. The van der Waals surface area contributed by atoms with Gasteiger partial charge in [0.25, 0.3) is 0 Å². The number of aromatic nitrogens is 1. The van der Waals surface area contributed by atoms with Gasteiger partial charge in [0.1, 0.15) is 10.6 Å². The van der Waals surface area contributed by atoms with Crippen LogP contribution in [0.15, 0.2) is 35.8 Å². The molecule has 2 N–H and O–H groups in total. The molecule has 0 bridgehead atoms. The molecule has 0 amide bonds. The van der Waals surface area contributed by atoms with Crippen molar-refractivity contribution in [2.24, 2.45) is 0 Å². The Hall–Kier alpha value is -0.720. The van der Waals surface area contributed by atoms with Crippen molar-refractivity contribution in [3.63, 3.8) is 0 Å². The van der Waals surface area contributed by atoms with E-state index in [9.17, 15) is 4.79 Å². The van der Waals surface area contributed by atoms with Crippen LogP contribution < -0.4 is 5.73 Å². The molecule has 0 aromatic carbocycles. The van der Waals surface area contributed by atoms with Crippen LogP contribution in [0.4, 0.5) is 5.82 Å². The SMILES string of the molecule is Br.Nc1cc(C(Br)C(=O)c2cccs2)ccn1. The van der Waals surface area contributed by atoms with E-state index in [0.29, 0.717) is 5.82 Å². The van der Waals surface area contributed by atoms with Gasteiger partial charge in [-0.2, -0.15) is 0 Å². The topological polar surface area (TPSA) is 56.0 Å². The van der Waals surface area contributed by atoms with Crippen molar-refractivity contribution in [1.82, 2.24) is 4.98 Å². The zero-order chi connectivity index (χ0) is 11.5. The summed E-state index contributed by atoms with van der Waals surface area (Å²) in [5.74, 6) is 0.460. The second kappa shape index (κ2) is 6.28. The van der Waals surface area contributed by atoms with Gasteiger partial charge in [-0.1, -0.05) is 22.0 Å². The van der Waals surface area contributed by atoms with Crippen LogP contribution >= 0.6 is 44.2 Å². The lowest BCUT2D eigenvalue weighted by Crippen LogP contribution is -2.06. The van der Waals surface area contributed by atoms with Crippen molar-refractivity contribution in [2.45, 2.75) is 4.83 Å². The average molecular weight is 378 g/mol. The molecule has 0 aliphatic rings. The minimum Gasteiger partial charge on any atom is -0.384 e. The first-order valence-electron chi connectivity index (χ1n) is 4.61. The molecule has 2 heterocycles. The fraction of sp³-hybridized carbons (Fsp3) is 0.0909. The third-order valence-corrected chi connectivity index (χ3v) is 3.92. The number of alkyl halides is 1. The number of carbonyl (C=O) groups excluding carboxylic acids is 1. The Kier molecular flexibility index (Phi) is 5.30. The first-order valence-corrected chi connectivity index (χ1v) is 6.41. The highest BCUT2D eigenvalue weighted by Crippen LogP contribution is 2.29. The number of hydrogen-bond donors (Lipinski definition) is 1. The van der Waals surface area contributed by atoms with Crippen molar-refractivity contribution in [2.75, 3.05) is 5.73 Å². The predicted molar refractivity (Wildman–Crippen MR) is 79.3 cm³/mol. The second-order valence-electron chi connectivity index (χ2n) is 3.22. The minimum atomic E-state index is -0.364. The van der Waals surface area contributed by atoms with Crippen LogP contribution in [0.5, 0.6) is 0 Å². The van der Waals surface area contributed by atoms with Gasteiger partial charge in [-0.15, -0.1) is 28.3 Å². The number of nitrogens with two attached hydrogens (primary N) is 1. The molecule has 2 aromatic heterocycles. The number of carbonyl (C=O) groups is 1. The van der Waals surface area contributed by atoms with E-state index in [0.717, 1.165) is 10.4 Å². The molecule has 1 atom stereocenters. The van der Waals surface area contributed by atoms with Crippen molar-refractivity contribution >= 4 is 55.8 Å². The monoisotopic (exact) mass is 376 g/mol. The zero-order valence-electron chi connectivity index (χ0n) is 8.67. The molecule has 0 saturated carbocycles. The number of pyridine rings is 1. The Labute approximate surface area is 122 Å². The van der Waals surface area contributed by atoms with E-state index < -0.39 is 0 Å². The van der Waals surface area contributed by atoms with Crippen molar-refractivity contribution in [1.29, 1.82) is 0 Å². The summed E-state index contributed by atoms with van der Waals surface area (Å²) in [6.45, 7) is 0. The normalized spacial score (nSPS) is 11.6. The molecule has 0 fully saturated rings. The van der Waals surface area contributed by atoms with E-state index >= 15 is 0 Å². The summed E-state index contributed by atoms with van der Waals surface area (Å²) in [5, 5.41) is 1.88. The maximum absolute atomic E-state index is 12.0. The first-order chi connectivity index (χ1) is 7.68. The molecule has 2 aromatic rings. The highest BCUT2D eigenvalue weighted by molar-refractivity contribution is 9.09. The van der Waals surface area contributed by atoms with E-state index in [2.05, 4.69) is 20.9 Å². The number of rotatable bonds is 3. The molecule has 0 saturated heterocycles. The van der Waals surface area contributed by atoms with Gasteiger partial charge in [0, 0.05) is 6.20 Å². The molecule has 0 radical (unpaired) electrons. The third kappa shape index (κ3) is 3.37. The summed E-state index contributed by atoms with van der Waals surface area (Å²) < 4.78 is 0. The number of hydrogen-bond acceptors (Lipinski definition) is 4. The molecule has 0 aliphatic heterocycles. The fourth-order valence-corrected chi connectivity index (χ4v) is 2.70. The van der Waals surface area contributed by atoms with Gasteiger partial charge in [0.2, 0.25) is 0 Å². The fourth-order valence-electron chi connectivity index (χ4n) is 1.32. The van der Waals surface area contributed by atoms with Crippen molar-refractivity contribution in [3.05, 3.63) is 46.3 Å². The van der Waals surface area contributed by atoms with E-state index in [1.165, 1.54) is 11.3 Å². The first kappa shape index (κ1) is 14.3. The Morgan fingerprint density at radius 1 is 1.47 bits per heavy atom. The van der Waals surface area contributed by atoms with Crippen LogP contribution in [0.3, 0.4) is 0 Å². The summed E-state index contributed by atoms with van der Waals surface area (Å²) in [6.07, 6.45) is 1.60. The van der Waals surface area contributed by atoms with Crippen LogP contribution in [0.25, 0.3) is 0 Å². The van der Waals surface area contributed by atoms with Crippen molar-refractivity contribution < 1.29 is 4.79 Å². The van der Waals surface area contributed by atoms with Crippen LogP contribution in [0.2, 0.25) is 0 Å². The Morgan fingerprint density at radius 2 is 2.24 bits per heavy atom. The predicted octanol–water partition coefficient (Wildman–Crippen LogP) is 3.62. The van der Waals surface area contributed by atoms with Gasteiger partial charge >= 0.3 is 0 Å². The molecule has 17 heavy (non-hydrogen) atoms. The summed E-state index contributed by atoms with van der Waals surface area (Å²) in [5.41, 5.74) is 6.40. The lowest BCUT2D eigenvalue weighted by Gasteiger charge is -2.07. The van der Waals surface area contributed by atoms with Gasteiger partial charge in [0.15, 0.2) is 5.78 Å². The molecule has 0 spiro atoms. The maximum atomic E-state index is 12.0. The van der Waals surface area contributed by atoms with Gasteiger partial charge in [-0.05, 0) is 29.1 Å². The number of ketones is 1. The molecule has 90 valence electrons. The quantitative estimate of drug-likeness (QED) is 0.656. The number of Topliss-reactive ketones (excluding diaryl/α,β-unsaturated/α-hetero) is 1. The molecular formula is C11H10Br2N2OS. The summed E-state index contributed by atoms with van der Waals surface area (Å²) >= 11 is 4.81. The number of nitrogens with zero attached hydrogens (tertiary/aromatic N) is 1. The number of nitrogen functional groups attached to an aromatic ring is 1. The standard InChI is InChI=1S/C11H9BrN2OS.BrH/c12-10(7-3-4-14-9(13)6-7)11(15)8-2-1-5-16-8;/h1-6,10H,(H2,13,14);1H. The van der Waals surface area contributed by atoms with Gasteiger partial charge in [-0.3, -0.25) is 4.79 Å². The number of halogens is 2. The van der Waals surface area contributed by atoms with E-state index in [4.69, 9.17) is 5.73 Å². The zero-order valence-corrected chi connectivity index (χ0v) is 12.8. The van der Waals surface area contributed by atoms with Crippen LogP contribution in [0, 0.1) is 0 Å². The van der Waals surface area contributed by atoms with Crippen molar-refractivity contribution in [3.8, 4) is 0 Å². The molecule has 6 heteroatoms. The largest absolute Gasteiger partial charge is 0.384 e. The number of thiophene rings is 1. The third-order valence-electron chi connectivity index (χ3n) is 2.09. The Bertz CT molecular complexity index is 502. The van der Waals surface area contributed by atoms with E-state index in [1.807, 2.05) is 17.5 Å². The van der Waals surface area contributed by atoms with Gasteiger partial charge in [-0.25, -0.2) is 4.98 Å². The summed E-state index contributed by atoms with van der Waals surface area (Å²) in [6, 6.07) is 7.15. The molecule has 2 rings (SSSR count). The lowest BCUT2D eigenvalue weighted by atomic mass is 10.1. The maximum Gasteiger partial charge on any atom is 0.190 e. The smallest absolute Gasteiger partial charge is 0.190 e. The van der Waals surface area contributed by atoms with Gasteiger partial charge < -0.3 is 5.73 Å². The van der Waals surface area contributed by atoms with Crippen LogP contribution in [0.1, 0.15) is 20.1 Å². The lowest BCUT2D eigenvalue weighted by molar-refractivity contribution is 0.0995. The highest BCUT2D eigenvalue weighted by atomic mass is 79.9. The van der Waals surface area contributed by atoms with Crippen LogP contribution in [-0.2, 0) is 0 Å². The van der Waals surface area contributed by atoms with E-state index in [-0.39, 0.29) is 27.6 Å². The minimum absolute atomic E-state index is 0. The van der Waals surface area contributed by atoms with E-state index in [1.54, 1.807) is 18.3 Å². The molecule has 1 unspecified atom stereocenters. The Balaban J connectivity index is 0.00000144. The average Bonchev–Trinajstić information content (AvgIpc) is 2.80.